The van der Waals surface area contributed by atoms with Crippen LogP contribution in [-0.4, -0.2) is 34.7 Å². The predicted octanol–water partition coefficient (Wildman–Crippen LogP) is 1.52. The largest absolute Gasteiger partial charge is 0.373 e. The second kappa shape index (κ2) is 6.52. The van der Waals surface area contributed by atoms with Crippen LogP contribution in [0.1, 0.15) is 25.3 Å². The summed E-state index contributed by atoms with van der Waals surface area (Å²) in [6, 6.07) is 9.00. The molecule has 0 aliphatic carbocycles. The number of aliphatic hydroxyl groups is 1. The fraction of sp³-hybridized carbons (Fsp3) is 0.467. The Balaban J connectivity index is 2.10. The van der Waals surface area contributed by atoms with Gasteiger partial charge in [0.1, 0.15) is 6.23 Å². The molecular weight excluding hydrogens is 256 g/mol. The molecule has 5 heteroatoms. The maximum Gasteiger partial charge on any atom is 0.326 e. The Kier molecular flexibility index (Phi) is 4.74. The molecule has 1 aromatic rings. The highest BCUT2D eigenvalue weighted by molar-refractivity contribution is 5.98. The highest BCUT2D eigenvalue weighted by Crippen LogP contribution is 2.20. The molecule has 0 bridgehead atoms. The standard InChI is InChI=1S/C15H20N2O3/c1-2-3-9-17-14(19)12(13(18)16-15(17)20)10-11-7-5-4-6-8-11/h4-8,12,14,19H,2-3,9-10H2,1H3,(H,16,18,20). The van der Waals surface area contributed by atoms with Gasteiger partial charge in [-0.2, -0.15) is 0 Å². The minimum Gasteiger partial charge on any atom is -0.373 e. The van der Waals surface area contributed by atoms with Gasteiger partial charge < -0.3 is 5.11 Å². The van der Waals surface area contributed by atoms with Crippen LogP contribution in [0.2, 0.25) is 0 Å². The number of nitrogens with one attached hydrogen (secondary N) is 1. The lowest BCUT2D eigenvalue weighted by Gasteiger charge is -2.37. The first kappa shape index (κ1) is 14.5. The van der Waals surface area contributed by atoms with Gasteiger partial charge in [-0.05, 0) is 18.4 Å². The minimum atomic E-state index is -1.05. The van der Waals surface area contributed by atoms with Gasteiger partial charge in [0.15, 0.2) is 0 Å². The zero-order valence-corrected chi connectivity index (χ0v) is 11.6. The lowest BCUT2D eigenvalue weighted by molar-refractivity contribution is -0.136. The molecule has 1 aromatic carbocycles. The van der Waals surface area contributed by atoms with E-state index in [1.54, 1.807) is 0 Å². The van der Waals surface area contributed by atoms with Crippen LogP contribution >= 0.6 is 0 Å². The van der Waals surface area contributed by atoms with Crippen molar-refractivity contribution in [3.63, 3.8) is 0 Å². The van der Waals surface area contributed by atoms with Crippen molar-refractivity contribution in [3.05, 3.63) is 35.9 Å². The van der Waals surface area contributed by atoms with Crippen LogP contribution in [0.25, 0.3) is 0 Å². The maximum absolute atomic E-state index is 11.9. The summed E-state index contributed by atoms with van der Waals surface area (Å²) >= 11 is 0. The van der Waals surface area contributed by atoms with Crippen molar-refractivity contribution >= 4 is 11.9 Å². The Bertz CT molecular complexity index is 475. The van der Waals surface area contributed by atoms with Gasteiger partial charge in [0.05, 0.1) is 5.92 Å². The van der Waals surface area contributed by atoms with E-state index >= 15 is 0 Å². The summed E-state index contributed by atoms with van der Waals surface area (Å²) in [5.41, 5.74) is 0.969. The van der Waals surface area contributed by atoms with Crippen molar-refractivity contribution in [1.82, 2.24) is 10.2 Å². The van der Waals surface area contributed by atoms with Crippen molar-refractivity contribution in [2.45, 2.75) is 32.4 Å². The number of hydrogen-bond donors (Lipinski definition) is 2. The van der Waals surface area contributed by atoms with Crippen LogP contribution in [0.4, 0.5) is 4.79 Å². The SMILES string of the molecule is CCCCN1C(=O)NC(=O)C(Cc2ccccc2)C1O. The average molecular weight is 276 g/mol. The smallest absolute Gasteiger partial charge is 0.326 e. The maximum atomic E-state index is 11.9. The number of hydrogen-bond acceptors (Lipinski definition) is 3. The summed E-state index contributed by atoms with van der Waals surface area (Å²) in [5, 5.41) is 12.6. The van der Waals surface area contributed by atoms with Gasteiger partial charge >= 0.3 is 6.03 Å². The number of unbranched alkanes of at least 4 members (excludes halogenated alkanes) is 1. The van der Waals surface area contributed by atoms with Crippen LogP contribution < -0.4 is 5.32 Å². The second-order valence-corrected chi connectivity index (χ2v) is 5.05. The van der Waals surface area contributed by atoms with E-state index in [2.05, 4.69) is 5.32 Å². The second-order valence-electron chi connectivity index (χ2n) is 5.05. The summed E-state index contributed by atoms with van der Waals surface area (Å²) in [6.07, 6.45) is 1.09. The molecule has 1 fully saturated rings. The van der Waals surface area contributed by atoms with Gasteiger partial charge in [-0.3, -0.25) is 15.0 Å². The normalized spacial score (nSPS) is 22.8. The molecule has 0 spiro atoms. The van der Waals surface area contributed by atoms with E-state index in [1.807, 2.05) is 37.3 Å². The molecular formula is C15H20N2O3. The van der Waals surface area contributed by atoms with Crippen LogP contribution in [0.15, 0.2) is 30.3 Å². The van der Waals surface area contributed by atoms with E-state index in [-0.39, 0.29) is 0 Å². The van der Waals surface area contributed by atoms with Gasteiger partial charge in [0.25, 0.3) is 0 Å². The number of amides is 3. The topological polar surface area (TPSA) is 69.6 Å². The quantitative estimate of drug-likeness (QED) is 0.856. The number of benzene rings is 1. The van der Waals surface area contributed by atoms with Gasteiger partial charge in [0, 0.05) is 6.54 Å². The van der Waals surface area contributed by atoms with Crippen LogP contribution in [-0.2, 0) is 11.2 Å². The Hall–Kier alpha value is -1.88. The Labute approximate surface area is 118 Å². The molecule has 1 aliphatic rings. The van der Waals surface area contributed by atoms with Crippen LogP contribution in [0.3, 0.4) is 0 Å². The summed E-state index contributed by atoms with van der Waals surface area (Å²) in [4.78, 5) is 25.0. The van der Waals surface area contributed by atoms with Gasteiger partial charge in [0.2, 0.25) is 5.91 Å². The third-order valence-corrected chi connectivity index (χ3v) is 3.56. The van der Waals surface area contributed by atoms with E-state index in [0.29, 0.717) is 13.0 Å². The first-order chi connectivity index (χ1) is 9.63. The Morgan fingerprint density at radius 1 is 1.25 bits per heavy atom. The number of carbonyl (C=O) groups excluding carboxylic acids is 2. The number of imide groups is 1. The Morgan fingerprint density at radius 3 is 2.60 bits per heavy atom. The zero-order valence-electron chi connectivity index (χ0n) is 11.6. The van der Waals surface area contributed by atoms with Gasteiger partial charge in [-0.25, -0.2) is 4.79 Å². The number of urea groups is 1. The fourth-order valence-electron chi connectivity index (χ4n) is 2.37. The van der Waals surface area contributed by atoms with Crippen LogP contribution in [0.5, 0.6) is 0 Å². The van der Waals surface area contributed by atoms with Crippen molar-refractivity contribution in [3.8, 4) is 0 Å². The molecule has 3 amide bonds. The Morgan fingerprint density at radius 2 is 1.95 bits per heavy atom. The summed E-state index contributed by atoms with van der Waals surface area (Å²) in [7, 11) is 0. The zero-order chi connectivity index (χ0) is 14.5. The summed E-state index contributed by atoms with van der Waals surface area (Å²) in [6.45, 7) is 2.48. The molecule has 2 atom stereocenters. The molecule has 20 heavy (non-hydrogen) atoms. The van der Waals surface area contributed by atoms with E-state index in [4.69, 9.17) is 0 Å². The van der Waals surface area contributed by atoms with E-state index in [9.17, 15) is 14.7 Å². The van der Waals surface area contributed by atoms with E-state index < -0.39 is 24.1 Å². The third kappa shape index (κ3) is 3.17. The van der Waals surface area contributed by atoms with Crippen molar-refractivity contribution < 1.29 is 14.7 Å². The molecule has 1 saturated heterocycles. The number of nitrogens with zero attached hydrogens (tertiary/aromatic N) is 1. The van der Waals surface area contributed by atoms with E-state index in [0.717, 1.165) is 18.4 Å². The lowest BCUT2D eigenvalue weighted by Crippen LogP contribution is -2.60. The number of carbonyl (C=O) groups is 2. The predicted molar refractivity (Wildman–Crippen MR) is 74.8 cm³/mol. The number of rotatable bonds is 5. The fourth-order valence-corrected chi connectivity index (χ4v) is 2.37. The van der Waals surface area contributed by atoms with E-state index in [1.165, 1.54) is 4.90 Å². The molecule has 0 radical (unpaired) electrons. The van der Waals surface area contributed by atoms with Gasteiger partial charge in [-0.15, -0.1) is 0 Å². The highest BCUT2D eigenvalue weighted by Gasteiger charge is 2.39. The molecule has 5 nitrogen and oxygen atoms in total. The monoisotopic (exact) mass is 276 g/mol. The molecule has 2 unspecified atom stereocenters. The molecule has 0 saturated carbocycles. The lowest BCUT2D eigenvalue weighted by atomic mass is 9.94. The highest BCUT2D eigenvalue weighted by atomic mass is 16.3. The molecule has 1 aliphatic heterocycles. The summed E-state index contributed by atoms with van der Waals surface area (Å²) < 4.78 is 0. The molecule has 2 N–H and O–H groups in total. The number of aliphatic hydroxyl groups excluding tert-OH is 1. The van der Waals surface area contributed by atoms with Crippen LogP contribution in [0, 0.1) is 5.92 Å². The minimum absolute atomic E-state index is 0.404. The summed E-state index contributed by atoms with van der Waals surface area (Å²) in [5.74, 6) is -1.02. The molecule has 108 valence electrons. The van der Waals surface area contributed by atoms with Crippen molar-refractivity contribution in [2.75, 3.05) is 6.54 Å². The van der Waals surface area contributed by atoms with Crippen molar-refractivity contribution in [2.24, 2.45) is 5.92 Å². The molecule has 1 heterocycles. The third-order valence-electron chi connectivity index (χ3n) is 3.56. The average Bonchev–Trinajstić information content (AvgIpc) is 2.44. The molecule has 2 rings (SSSR count). The van der Waals surface area contributed by atoms with Gasteiger partial charge in [-0.1, -0.05) is 43.7 Å². The molecule has 0 aromatic heterocycles. The first-order valence-corrected chi connectivity index (χ1v) is 6.97. The van der Waals surface area contributed by atoms with Crippen molar-refractivity contribution in [1.29, 1.82) is 0 Å². The first-order valence-electron chi connectivity index (χ1n) is 6.97.